The average Bonchev–Trinajstić information content (AvgIpc) is 1.96. The highest BCUT2D eigenvalue weighted by atomic mass is 31.0. The van der Waals surface area contributed by atoms with E-state index in [1.807, 2.05) is 27.7 Å². The van der Waals surface area contributed by atoms with Gasteiger partial charge in [-0.15, -0.1) is 0 Å². The molecule has 0 aliphatic rings. The molecular weight excluding hydrogens is 185 g/mol. The fourth-order valence-corrected chi connectivity index (χ4v) is 1.23. The van der Waals surface area contributed by atoms with E-state index in [-0.39, 0.29) is 12.0 Å². The molecule has 0 aromatic heterocycles. The van der Waals surface area contributed by atoms with Crippen LogP contribution in [0.15, 0.2) is 0 Å². The molecule has 0 amide bonds. The molecule has 0 spiro atoms. The van der Waals surface area contributed by atoms with Crippen LogP contribution in [0.3, 0.4) is 0 Å². The lowest BCUT2D eigenvalue weighted by Crippen LogP contribution is -2.37. The third-order valence-corrected chi connectivity index (χ3v) is 1.87. The zero-order valence-corrected chi connectivity index (χ0v) is 10.0. The molecule has 0 aromatic rings. The average molecular weight is 205 g/mol. The summed E-state index contributed by atoms with van der Waals surface area (Å²) >= 11 is 0. The van der Waals surface area contributed by atoms with Crippen LogP contribution in [-0.4, -0.2) is 17.6 Å². The Kier molecular flexibility index (Phi) is 5.50. The van der Waals surface area contributed by atoms with Crippen LogP contribution in [0.2, 0.25) is 0 Å². The zero-order valence-electron chi connectivity index (χ0n) is 8.89. The summed E-state index contributed by atoms with van der Waals surface area (Å²) in [5, 5.41) is 2.87. The lowest BCUT2D eigenvalue weighted by Gasteiger charge is -2.23. The first-order chi connectivity index (χ1) is 5.90. The Balaban J connectivity index is 4.06. The summed E-state index contributed by atoms with van der Waals surface area (Å²) in [6.07, 6.45) is 1.77. The summed E-state index contributed by atoms with van der Waals surface area (Å²) in [5.41, 5.74) is -0.398. The third kappa shape index (κ3) is 6.00. The molecule has 4 heteroatoms. The molecule has 0 fully saturated rings. The second kappa shape index (κ2) is 5.56. The van der Waals surface area contributed by atoms with Gasteiger partial charge in [-0.2, -0.15) is 0 Å². The highest BCUT2D eigenvalue weighted by Gasteiger charge is 2.22. The van der Waals surface area contributed by atoms with E-state index in [0.717, 1.165) is 12.8 Å². The van der Waals surface area contributed by atoms with Crippen molar-refractivity contribution >= 4 is 15.4 Å². The number of hydrogen-bond acceptors (Lipinski definition) is 3. The topological polar surface area (TPSA) is 38.3 Å². The molecule has 0 heterocycles. The van der Waals surface area contributed by atoms with Crippen LogP contribution in [0.25, 0.3) is 0 Å². The second-order valence-electron chi connectivity index (χ2n) is 4.04. The molecule has 0 saturated heterocycles. The van der Waals surface area contributed by atoms with Crippen molar-refractivity contribution in [2.75, 3.05) is 0 Å². The molecule has 78 valence electrons. The van der Waals surface area contributed by atoms with Gasteiger partial charge in [0.2, 0.25) is 0 Å². The molecule has 0 bridgehead atoms. The van der Waals surface area contributed by atoms with Gasteiger partial charge >= 0.3 is 5.97 Å². The van der Waals surface area contributed by atoms with E-state index in [1.165, 1.54) is 0 Å². The Morgan fingerprint density at radius 2 is 2.08 bits per heavy atom. The van der Waals surface area contributed by atoms with Crippen LogP contribution in [0, 0.1) is 0 Å². The van der Waals surface area contributed by atoms with Gasteiger partial charge in [-0.05, 0) is 27.2 Å². The SMILES string of the molecule is CCCC(NP)C(=O)OC(C)(C)C. The van der Waals surface area contributed by atoms with Crippen molar-refractivity contribution < 1.29 is 9.53 Å². The fraction of sp³-hybridized carbons (Fsp3) is 0.889. The van der Waals surface area contributed by atoms with E-state index in [1.54, 1.807) is 0 Å². The standard InChI is InChI=1S/C9H20NO2P/c1-5-6-7(10-13)8(11)12-9(2,3)4/h7,10H,5-6,13H2,1-4H3. The van der Waals surface area contributed by atoms with Crippen LogP contribution >= 0.6 is 9.39 Å². The highest BCUT2D eigenvalue weighted by molar-refractivity contribution is 7.13. The molecular formula is C9H20NO2P. The van der Waals surface area contributed by atoms with Gasteiger partial charge < -0.3 is 4.74 Å². The first-order valence-electron chi connectivity index (χ1n) is 4.59. The number of esters is 1. The van der Waals surface area contributed by atoms with Gasteiger partial charge in [0.15, 0.2) is 0 Å². The maximum atomic E-state index is 11.5. The number of hydrogen-bond donors (Lipinski definition) is 1. The Labute approximate surface area is 82.9 Å². The first kappa shape index (κ1) is 12.9. The van der Waals surface area contributed by atoms with Crippen molar-refractivity contribution in [1.29, 1.82) is 0 Å². The number of rotatable bonds is 4. The summed E-state index contributed by atoms with van der Waals surface area (Å²) in [6, 6.07) is -0.200. The van der Waals surface area contributed by atoms with Gasteiger partial charge in [0.25, 0.3) is 0 Å². The van der Waals surface area contributed by atoms with E-state index in [0.29, 0.717) is 0 Å². The lowest BCUT2D eigenvalue weighted by atomic mass is 10.1. The number of nitrogens with one attached hydrogen (secondary N) is 1. The second-order valence-corrected chi connectivity index (χ2v) is 4.37. The molecule has 0 aliphatic carbocycles. The van der Waals surface area contributed by atoms with Crippen molar-refractivity contribution in [2.45, 2.75) is 52.2 Å². The molecule has 13 heavy (non-hydrogen) atoms. The molecule has 0 aliphatic heterocycles. The van der Waals surface area contributed by atoms with E-state index in [2.05, 4.69) is 14.5 Å². The fourth-order valence-electron chi connectivity index (χ4n) is 0.931. The largest absolute Gasteiger partial charge is 0.459 e. The van der Waals surface area contributed by atoms with Crippen molar-refractivity contribution in [3.05, 3.63) is 0 Å². The van der Waals surface area contributed by atoms with E-state index < -0.39 is 5.60 Å². The van der Waals surface area contributed by atoms with Gasteiger partial charge in [-0.1, -0.05) is 22.7 Å². The molecule has 0 rings (SSSR count). The normalized spacial score (nSPS) is 13.9. The molecule has 0 radical (unpaired) electrons. The summed E-state index contributed by atoms with van der Waals surface area (Å²) in [4.78, 5) is 11.5. The third-order valence-electron chi connectivity index (χ3n) is 1.47. The van der Waals surface area contributed by atoms with Crippen LogP contribution in [0.5, 0.6) is 0 Å². The van der Waals surface area contributed by atoms with Gasteiger partial charge in [-0.25, -0.2) is 0 Å². The monoisotopic (exact) mass is 205 g/mol. The van der Waals surface area contributed by atoms with Crippen molar-refractivity contribution in [3.8, 4) is 0 Å². The maximum absolute atomic E-state index is 11.5. The van der Waals surface area contributed by atoms with Crippen LogP contribution in [0.1, 0.15) is 40.5 Å². The Morgan fingerprint density at radius 1 is 1.54 bits per heavy atom. The van der Waals surface area contributed by atoms with Gasteiger partial charge in [0.05, 0.1) is 0 Å². The van der Waals surface area contributed by atoms with Gasteiger partial charge in [0.1, 0.15) is 11.6 Å². The maximum Gasteiger partial charge on any atom is 0.323 e. The Morgan fingerprint density at radius 3 is 2.38 bits per heavy atom. The summed E-state index contributed by atoms with van der Waals surface area (Å²) in [7, 11) is 2.36. The lowest BCUT2D eigenvalue weighted by molar-refractivity contribution is -0.157. The predicted octanol–water partition coefficient (Wildman–Crippen LogP) is 1.88. The van der Waals surface area contributed by atoms with Crippen molar-refractivity contribution in [3.63, 3.8) is 0 Å². The molecule has 3 nitrogen and oxygen atoms in total. The van der Waals surface area contributed by atoms with Crippen LogP contribution in [-0.2, 0) is 9.53 Å². The van der Waals surface area contributed by atoms with Crippen LogP contribution < -0.4 is 5.09 Å². The van der Waals surface area contributed by atoms with E-state index in [9.17, 15) is 4.79 Å². The smallest absolute Gasteiger partial charge is 0.323 e. The Hall–Kier alpha value is -0.140. The van der Waals surface area contributed by atoms with E-state index >= 15 is 0 Å². The Bertz CT molecular complexity index is 165. The minimum absolute atomic E-state index is 0.177. The minimum Gasteiger partial charge on any atom is -0.459 e. The predicted molar refractivity (Wildman–Crippen MR) is 57.4 cm³/mol. The van der Waals surface area contributed by atoms with E-state index in [4.69, 9.17) is 4.74 Å². The van der Waals surface area contributed by atoms with Gasteiger partial charge in [-0.3, -0.25) is 9.88 Å². The molecule has 0 saturated carbocycles. The zero-order chi connectivity index (χ0) is 10.5. The van der Waals surface area contributed by atoms with Gasteiger partial charge in [0, 0.05) is 0 Å². The minimum atomic E-state index is -0.398. The summed E-state index contributed by atoms with van der Waals surface area (Å²) in [6.45, 7) is 7.66. The van der Waals surface area contributed by atoms with Crippen molar-refractivity contribution in [1.82, 2.24) is 5.09 Å². The van der Waals surface area contributed by atoms with Crippen LogP contribution in [0.4, 0.5) is 0 Å². The molecule has 2 unspecified atom stereocenters. The number of carbonyl (C=O) groups is 1. The molecule has 2 atom stereocenters. The molecule has 1 N–H and O–H groups in total. The summed E-state index contributed by atoms with van der Waals surface area (Å²) in [5.74, 6) is -0.177. The quantitative estimate of drug-likeness (QED) is 0.562. The summed E-state index contributed by atoms with van der Waals surface area (Å²) < 4.78 is 5.23. The van der Waals surface area contributed by atoms with Crippen molar-refractivity contribution in [2.24, 2.45) is 0 Å². The highest BCUT2D eigenvalue weighted by Crippen LogP contribution is 2.10. The number of ether oxygens (including phenoxy) is 1. The number of carbonyl (C=O) groups excluding carboxylic acids is 1. The molecule has 0 aromatic carbocycles. The first-order valence-corrected chi connectivity index (χ1v) is 5.17.